The molecule has 0 fully saturated rings. The molecule has 0 aliphatic heterocycles. The molecule has 0 aromatic rings. The summed E-state index contributed by atoms with van der Waals surface area (Å²) in [5.41, 5.74) is 0. The molecule has 0 aliphatic rings. The highest BCUT2D eigenvalue weighted by Crippen LogP contribution is 2.16. The van der Waals surface area contributed by atoms with Crippen LogP contribution in [0, 0.1) is 11.8 Å². The van der Waals surface area contributed by atoms with Crippen molar-refractivity contribution in [1.29, 1.82) is 0 Å². The Labute approximate surface area is 70.8 Å². The SMILES string of the molecule is CCCC(C)C(O)CC(C)C. The molecule has 0 aromatic heterocycles. The van der Waals surface area contributed by atoms with Crippen LogP contribution >= 0.6 is 0 Å². The molecule has 0 aliphatic carbocycles. The van der Waals surface area contributed by atoms with E-state index in [-0.39, 0.29) is 6.10 Å². The molecular formula is C10H22O. The van der Waals surface area contributed by atoms with Gasteiger partial charge in [0.1, 0.15) is 0 Å². The average Bonchev–Trinajstić information content (AvgIpc) is 1.86. The Morgan fingerprint density at radius 3 is 2.09 bits per heavy atom. The highest BCUT2D eigenvalue weighted by Gasteiger charge is 2.13. The van der Waals surface area contributed by atoms with E-state index in [0.717, 1.165) is 12.8 Å². The first-order valence-electron chi connectivity index (χ1n) is 4.76. The second-order valence-corrected chi connectivity index (χ2v) is 3.96. The topological polar surface area (TPSA) is 20.2 Å². The van der Waals surface area contributed by atoms with Crippen molar-refractivity contribution in [2.45, 2.75) is 53.1 Å². The van der Waals surface area contributed by atoms with E-state index in [9.17, 15) is 5.11 Å². The van der Waals surface area contributed by atoms with Gasteiger partial charge in [0.05, 0.1) is 6.10 Å². The highest BCUT2D eigenvalue weighted by atomic mass is 16.3. The van der Waals surface area contributed by atoms with Gasteiger partial charge in [-0.1, -0.05) is 34.1 Å². The summed E-state index contributed by atoms with van der Waals surface area (Å²) in [7, 11) is 0. The molecule has 0 rings (SSSR count). The Hall–Kier alpha value is -0.0400. The molecule has 2 unspecified atom stereocenters. The molecule has 0 aromatic carbocycles. The molecule has 0 heterocycles. The average molecular weight is 158 g/mol. The second-order valence-electron chi connectivity index (χ2n) is 3.96. The summed E-state index contributed by atoms with van der Waals surface area (Å²) in [5, 5.41) is 9.62. The highest BCUT2D eigenvalue weighted by molar-refractivity contribution is 4.65. The fraction of sp³-hybridized carbons (Fsp3) is 1.00. The minimum Gasteiger partial charge on any atom is -0.393 e. The van der Waals surface area contributed by atoms with E-state index in [4.69, 9.17) is 0 Å². The van der Waals surface area contributed by atoms with E-state index in [0.29, 0.717) is 11.8 Å². The van der Waals surface area contributed by atoms with Crippen molar-refractivity contribution in [2.75, 3.05) is 0 Å². The van der Waals surface area contributed by atoms with E-state index in [2.05, 4.69) is 27.7 Å². The Morgan fingerprint density at radius 1 is 1.18 bits per heavy atom. The van der Waals surface area contributed by atoms with Crippen molar-refractivity contribution in [3.05, 3.63) is 0 Å². The number of aliphatic hydroxyl groups excluding tert-OH is 1. The van der Waals surface area contributed by atoms with E-state index in [1.165, 1.54) is 6.42 Å². The number of aliphatic hydroxyl groups is 1. The third-order valence-corrected chi connectivity index (χ3v) is 2.11. The molecular weight excluding hydrogens is 136 g/mol. The van der Waals surface area contributed by atoms with Gasteiger partial charge in [0.25, 0.3) is 0 Å². The summed E-state index contributed by atoms with van der Waals surface area (Å²) in [6, 6.07) is 0. The Bertz CT molecular complexity index is 88.9. The quantitative estimate of drug-likeness (QED) is 0.652. The molecule has 68 valence electrons. The molecule has 11 heavy (non-hydrogen) atoms. The molecule has 0 saturated carbocycles. The summed E-state index contributed by atoms with van der Waals surface area (Å²) in [6.45, 7) is 8.61. The van der Waals surface area contributed by atoms with Gasteiger partial charge < -0.3 is 5.11 Å². The molecule has 2 atom stereocenters. The lowest BCUT2D eigenvalue weighted by Crippen LogP contribution is -2.19. The van der Waals surface area contributed by atoms with Crippen molar-refractivity contribution in [3.63, 3.8) is 0 Å². The minimum atomic E-state index is -0.0880. The number of rotatable bonds is 5. The van der Waals surface area contributed by atoms with Gasteiger partial charge in [-0.3, -0.25) is 0 Å². The Morgan fingerprint density at radius 2 is 1.73 bits per heavy atom. The van der Waals surface area contributed by atoms with Gasteiger partial charge in [0.2, 0.25) is 0 Å². The van der Waals surface area contributed by atoms with Gasteiger partial charge in [-0.05, 0) is 24.7 Å². The molecule has 1 heteroatoms. The van der Waals surface area contributed by atoms with Crippen molar-refractivity contribution < 1.29 is 5.11 Å². The van der Waals surface area contributed by atoms with Gasteiger partial charge in [0, 0.05) is 0 Å². The summed E-state index contributed by atoms with van der Waals surface area (Å²) in [4.78, 5) is 0. The van der Waals surface area contributed by atoms with E-state index in [1.54, 1.807) is 0 Å². The maximum atomic E-state index is 9.62. The fourth-order valence-electron chi connectivity index (χ4n) is 1.36. The van der Waals surface area contributed by atoms with Crippen molar-refractivity contribution in [1.82, 2.24) is 0 Å². The van der Waals surface area contributed by atoms with E-state index >= 15 is 0 Å². The zero-order chi connectivity index (χ0) is 8.85. The molecule has 0 radical (unpaired) electrons. The van der Waals surface area contributed by atoms with Gasteiger partial charge >= 0.3 is 0 Å². The zero-order valence-electron chi connectivity index (χ0n) is 8.30. The van der Waals surface area contributed by atoms with Crippen LogP contribution in [0.3, 0.4) is 0 Å². The number of hydrogen-bond donors (Lipinski definition) is 1. The maximum absolute atomic E-state index is 9.62. The summed E-state index contributed by atoms with van der Waals surface area (Å²) in [6.07, 6.45) is 3.18. The van der Waals surface area contributed by atoms with Crippen LogP contribution in [0.25, 0.3) is 0 Å². The lowest BCUT2D eigenvalue weighted by molar-refractivity contribution is 0.0901. The monoisotopic (exact) mass is 158 g/mol. The first-order chi connectivity index (χ1) is 5.07. The Kier molecular flexibility index (Phi) is 5.57. The van der Waals surface area contributed by atoms with Crippen molar-refractivity contribution in [3.8, 4) is 0 Å². The van der Waals surface area contributed by atoms with Crippen LogP contribution in [-0.2, 0) is 0 Å². The second kappa shape index (κ2) is 5.59. The van der Waals surface area contributed by atoms with Gasteiger partial charge in [-0.25, -0.2) is 0 Å². The van der Waals surface area contributed by atoms with Crippen LogP contribution in [-0.4, -0.2) is 11.2 Å². The van der Waals surface area contributed by atoms with Crippen molar-refractivity contribution >= 4 is 0 Å². The van der Waals surface area contributed by atoms with Crippen LogP contribution in [0.15, 0.2) is 0 Å². The van der Waals surface area contributed by atoms with Crippen LogP contribution in [0.1, 0.15) is 47.0 Å². The summed E-state index contributed by atoms with van der Waals surface area (Å²) >= 11 is 0. The van der Waals surface area contributed by atoms with Crippen LogP contribution < -0.4 is 0 Å². The molecule has 0 spiro atoms. The molecule has 0 amide bonds. The standard InChI is InChI=1S/C10H22O/c1-5-6-9(4)10(11)7-8(2)3/h8-11H,5-7H2,1-4H3. The third-order valence-electron chi connectivity index (χ3n) is 2.11. The molecule has 0 saturated heterocycles. The molecule has 0 bridgehead atoms. The largest absolute Gasteiger partial charge is 0.393 e. The third kappa shape index (κ3) is 5.25. The first kappa shape index (κ1) is 11.0. The van der Waals surface area contributed by atoms with Crippen molar-refractivity contribution in [2.24, 2.45) is 11.8 Å². The van der Waals surface area contributed by atoms with Gasteiger partial charge in [-0.2, -0.15) is 0 Å². The fourth-order valence-corrected chi connectivity index (χ4v) is 1.36. The summed E-state index contributed by atoms with van der Waals surface area (Å²) < 4.78 is 0. The normalized spacial score (nSPS) is 16.9. The Balaban J connectivity index is 3.54. The van der Waals surface area contributed by atoms with Gasteiger partial charge in [-0.15, -0.1) is 0 Å². The predicted molar refractivity (Wildman–Crippen MR) is 49.5 cm³/mol. The zero-order valence-corrected chi connectivity index (χ0v) is 8.30. The minimum absolute atomic E-state index is 0.0880. The van der Waals surface area contributed by atoms with Crippen LogP contribution in [0.4, 0.5) is 0 Å². The summed E-state index contributed by atoms with van der Waals surface area (Å²) in [5.74, 6) is 1.09. The van der Waals surface area contributed by atoms with E-state index in [1.807, 2.05) is 0 Å². The first-order valence-corrected chi connectivity index (χ1v) is 4.76. The van der Waals surface area contributed by atoms with Gasteiger partial charge in [0.15, 0.2) is 0 Å². The smallest absolute Gasteiger partial charge is 0.0568 e. The number of hydrogen-bond acceptors (Lipinski definition) is 1. The van der Waals surface area contributed by atoms with Crippen LogP contribution in [0.2, 0.25) is 0 Å². The molecule has 1 N–H and O–H groups in total. The van der Waals surface area contributed by atoms with Crippen LogP contribution in [0.5, 0.6) is 0 Å². The molecule has 1 nitrogen and oxygen atoms in total. The van der Waals surface area contributed by atoms with E-state index < -0.39 is 0 Å². The predicted octanol–water partition coefficient (Wildman–Crippen LogP) is 2.83. The lowest BCUT2D eigenvalue weighted by atomic mass is 9.93. The lowest BCUT2D eigenvalue weighted by Gasteiger charge is -2.19. The maximum Gasteiger partial charge on any atom is 0.0568 e.